The molecule has 0 aliphatic heterocycles. The molecule has 0 aliphatic carbocycles. The summed E-state index contributed by atoms with van der Waals surface area (Å²) in [6.45, 7) is 0. The van der Waals surface area contributed by atoms with Crippen molar-refractivity contribution in [2.24, 2.45) is 0 Å². The maximum atomic E-state index is 12.8. The Morgan fingerprint density at radius 1 is 0.879 bits per heavy atom. The molecule has 3 N–H and O–H groups in total. The highest BCUT2D eigenvalue weighted by molar-refractivity contribution is 6.30. The fourth-order valence-corrected chi connectivity index (χ4v) is 3.44. The fraction of sp³-hybridized carbons (Fsp3) is 0.0800. The van der Waals surface area contributed by atoms with E-state index in [0.717, 1.165) is 22.5 Å². The van der Waals surface area contributed by atoms with Gasteiger partial charge in [-0.25, -0.2) is 9.48 Å². The molecule has 4 aromatic rings. The molecule has 0 unspecified atom stereocenters. The van der Waals surface area contributed by atoms with Gasteiger partial charge in [0.05, 0.1) is 17.8 Å². The number of nitrogens with one attached hydrogen (secondary N) is 3. The standard InChI is InChI=1S/C25H22ClN5O2/c1-27-25(33)29-21-13-11-20(12-14-21)28-23(32)15-18-16-31(22-5-3-2-4-6-22)30-24(18)17-7-9-19(26)10-8-17/h2-14,16H,15H2,1H3,(H,28,32)(H2,27,29,33). The number of rotatable bonds is 6. The number of nitrogens with zero attached hydrogens (tertiary/aromatic N) is 2. The molecule has 0 saturated heterocycles. The average molecular weight is 460 g/mol. The third-order valence-electron chi connectivity index (χ3n) is 4.93. The highest BCUT2D eigenvalue weighted by atomic mass is 35.5. The van der Waals surface area contributed by atoms with Crippen LogP contribution in [0.15, 0.2) is 85.1 Å². The second-order valence-electron chi connectivity index (χ2n) is 7.30. The Morgan fingerprint density at radius 2 is 1.52 bits per heavy atom. The van der Waals surface area contributed by atoms with Crippen LogP contribution in [0.1, 0.15) is 5.56 Å². The minimum Gasteiger partial charge on any atom is -0.341 e. The average Bonchev–Trinajstić information content (AvgIpc) is 3.25. The summed E-state index contributed by atoms with van der Waals surface area (Å²) in [5.41, 5.74) is 4.54. The Kier molecular flexibility index (Phi) is 6.71. The van der Waals surface area contributed by atoms with Crippen molar-refractivity contribution < 1.29 is 9.59 Å². The Hall–Kier alpha value is -4.10. The zero-order valence-corrected chi connectivity index (χ0v) is 18.6. The van der Waals surface area contributed by atoms with Gasteiger partial charge in [-0.1, -0.05) is 41.9 Å². The van der Waals surface area contributed by atoms with Gasteiger partial charge in [0, 0.05) is 40.8 Å². The molecule has 3 aromatic carbocycles. The molecule has 0 bridgehead atoms. The number of amides is 3. The fourth-order valence-electron chi connectivity index (χ4n) is 3.31. The molecule has 1 aromatic heterocycles. The number of hydrogen-bond donors (Lipinski definition) is 3. The van der Waals surface area contributed by atoms with Gasteiger partial charge in [0.25, 0.3) is 0 Å². The predicted molar refractivity (Wildman–Crippen MR) is 131 cm³/mol. The molecule has 0 radical (unpaired) electrons. The van der Waals surface area contributed by atoms with Crippen molar-refractivity contribution >= 4 is 34.9 Å². The van der Waals surface area contributed by atoms with Crippen LogP contribution < -0.4 is 16.0 Å². The van der Waals surface area contributed by atoms with E-state index < -0.39 is 0 Å². The first-order valence-electron chi connectivity index (χ1n) is 10.3. The highest BCUT2D eigenvalue weighted by Crippen LogP contribution is 2.26. The molecular formula is C25H22ClN5O2. The summed E-state index contributed by atoms with van der Waals surface area (Å²) in [7, 11) is 1.54. The van der Waals surface area contributed by atoms with Crippen LogP contribution in [0.2, 0.25) is 5.02 Å². The SMILES string of the molecule is CNC(=O)Nc1ccc(NC(=O)Cc2cn(-c3ccccc3)nc2-c2ccc(Cl)cc2)cc1. The lowest BCUT2D eigenvalue weighted by Gasteiger charge is -2.08. The predicted octanol–water partition coefficient (Wildman–Crippen LogP) is 5.13. The number of carbonyl (C=O) groups excluding carboxylic acids is 2. The quantitative estimate of drug-likeness (QED) is 0.373. The van der Waals surface area contributed by atoms with Gasteiger partial charge in [-0.3, -0.25) is 4.79 Å². The number of carbonyl (C=O) groups is 2. The summed E-state index contributed by atoms with van der Waals surface area (Å²) in [6, 6.07) is 23.7. The van der Waals surface area contributed by atoms with Crippen LogP contribution in [0.25, 0.3) is 16.9 Å². The first-order valence-corrected chi connectivity index (χ1v) is 10.7. The van der Waals surface area contributed by atoms with Crippen molar-refractivity contribution in [3.63, 3.8) is 0 Å². The number of halogens is 1. The Balaban J connectivity index is 1.55. The molecule has 0 spiro atoms. The summed E-state index contributed by atoms with van der Waals surface area (Å²) in [6.07, 6.45) is 2.01. The van der Waals surface area contributed by atoms with E-state index in [1.165, 1.54) is 0 Å². The lowest BCUT2D eigenvalue weighted by molar-refractivity contribution is -0.115. The third kappa shape index (κ3) is 5.58. The van der Waals surface area contributed by atoms with Crippen LogP contribution in [0.3, 0.4) is 0 Å². The summed E-state index contributed by atoms with van der Waals surface area (Å²) in [5, 5.41) is 13.4. The summed E-state index contributed by atoms with van der Waals surface area (Å²) in [4.78, 5) is 24.2. The van der Waals surface area contributed by atoms with Crippen molar-refractivity contribution in [1.82, 2.24) is 15.1 Å². The molecule has 0 atom stereocenters. The number of para-hydroxylation sites is 1. The first-order chi connectivity index (χ1) is 16.0. The number of benzene rings is 3. The zero-order valence-electron chi connectivity index (χ0n) is 17.9. The van der Waals surface area contributed by atoms with Gasteiger partial charge in [-0.2, -0.15) is 5.10 Å². The number of hydrogen-bond acceptors (Lipinski definition) is 3. The van der Waals surface area contributed by atoms with Crippen LogP contribution in [0.4, 0.5) is 16.2 Å². The zero-order chi connectivity index (χ0) is 23.2. The van der Waals surface area contributed by atoms with Crippen molar-refractivity contribution in [3.8, 4) is 16.9 Å². The molecule has 0 fully saturated rings. The molecule has 4 rings (SSSR count). The number of urea groups is 1. The maximum Gasteiger partial charge on any atom is 0.318 e. The van der Waals surface area contributed by atoms with E-state index >= 15 is 0 Å². The lowest BCUT2D eigenvalue weighted by atomic mass is 10.1. The molecule has 33 heavy (non-hydrogen) atoms. The number of aromatic nitrogens is 2. The van der Waals surface area contributed by atoms with Gasteiger partial charge in [0.1, 0.15) is 0 Å². The highest BCUT2D eigenvalue weighted by Gasteiger charge is 2.16. The molecule has 7 nitrogen and oxygen atoms in total. The van der Waals surface area contributed by atoms with Crippen LogP contribution in [0.5, 0.6) is 0 Å². The molecule has 0 saturated carbocycles. The van der Waals surface area contributed by atoms with E-state index in [0.29, 0.717) is 16.4 Å². The first kappa shape index (κ1) is 22.1. The minimum absolute atomic E-state index is 0.142. The van der Waals surface area contributed by atoms with Crippen molar-refractivity contribution in [2.75, 3.05) is 17.7 Å². The van der Waals surface area contributed by atoms with E-state index in [-0.39, 0.29) is 18.4 Å². The summed E-state index contributed by atoms with van der Waals surface area (Å²) >= 11 is 6.05. The van der Waals surface area contributed by atoms with Crippen LogP contribution >= 0.6 is 11.6 Å². The van der Waals surface area contributed by atoms with E-state index in [1.54, 1.807) is 48.1 Å². The third-order valence-corrected chi connectivity index (χ3v) is 5.18. The second kappa shape index (κ2) is 10.0. The molecule has 0 aliphatic rings. The lowest BCUT2D eigenvalue weighted by Crippen LogP contribution is -2.24. The molecule has 166 valence electrons. The van der Waals surface area contributed by atoms with Gasteiger partial charge >= 0.3 is 6.03 Å². The van der Waals surface area contributed by atoms with Crippen molar-refractivity contribution in [3.05, 3.63) is 95.6 Å². The van der Waals surface area contributed by atoms with Gasteiger partial charge in [-0.15, -0.1) is 0 Å². The minimum atomic E-state index is -0.308. The van der Waals surface area contributed by atoms with Crippen molar-refractivity contribution in [2.45, 2.75) is 6.42 Å². The number of anilines is 2. The Bertz CT molecular complexity index is 1250. The van der Waals surface area contributed by atoms with Gasteiger partial charge in [0.15, 0.2) is 0 Å². The van der Waals surface area contributed by atoms with E-state index in [4.69, 9.17) is 16.7 Å². The van der Waals surface area contributed by atoms with Crippen LogP contribution in [-0.2, 0) is 11.2 Å². The van der Waals surface area contributed by atoms with Gasteiger partial charge in [0.2, 0.25) is 5.91 Å². The van der Waals surface area contributed by atoms with E-state index in [9.17, 15) is 9.59 Å². The normalized spacial score (nSPS) is 10.5. The molecular weight excluding hydrogens is 438 g/mol. The van der Waals surface area contributed by atoms with E-state index in [2.05, 4.69) is 16.0 Å². The van der Waals surface area contributed by atoms with Crippen molar-refractivity contribution in [1.29, 1.82) is 0 Å². The molecule has 3 amide bonds. The largest absolute Gasteiger partial charge is 0.341 e. The van der Waals surface area contributed by atoms with Crippen LogP contribution in [0, 0.1) is 0 Å². The van der Waals surface area contributed by atoms with Gasteiger partial charge < -0.3 is 16.0 Å². The topological polar surface area (TPSA) is 88.0 Å². The van der Waals surface area contributed by atoms with Gasteiger partial charge in [-0.05, 0) is 48.5 Å². The summed E-state index contributed by atoms with van der Waals surface area (Å²) in [5.74, 6) is -0.176. The smallest absolute Gasteiger partial charge is 0.318 e. The Labute approximate surface area is 196 Å². The molecule has 1 heterocycles. The van der Waals surface area contributed by atoms with Crippen LogP contribution in [-0.4, -0.2) is 28.8 Å². The monoisotopic (exact) mass is 459 g/mol. The van der Waals surface area contributed by atoms with E-state index in [1.807, 2.05) is 48.7 Å². The maximum absolute atomic E-state index is 12.8. The summed E-state index contributed by atoms with van der Waals surface area (Å²) < 4.78 is 1.77. The second-order valence-corrected chi connectivity index (χ2v) is 7.73. The Morgan fingerprint density at radius 3 is 2.15 bits per heavy atom. The molecule has 8 heteroatoms.